The molecule has 0 aliphatic carbocycles. The number of nitrogens with zero attached hydrogens (tertiary/aromatic N) is 1. The van der Waals surface area contributed by atoms with Gasteiger partial charge in [-0.25, -0.2) is 0 Å². The molecule has 2 heterocycles. The molecule has 0 fully saturated rings. The number of halogens is 1. The van der Waals surface area contributed by atoms with Crippen molar-refractivity contribution in [3.05, 3.63) is 65.3 Å². The monoisotopic (exact) mass is 373 g/mol. The largest absolute Gasteiger partial charge is 0.275 e. The highest BCUT2D eigenvalue weighted by Crippen LogP contribution is 2.36. The molecule has 3 rings (SSSR count). The van der Waals surface area contributed by atoms with Crippen LogP contribution in [0.2, 0.25) is 0 Å². The fourth-order valence-corrected chi connectivity index (χ4v) is 4.62. The van der Waals surface area contributed by atoms with Crippen molar-refractivity contribution >= 4 is 39.9 Å². The molecule has 0 saturated heterocycles. The summed E-state index contributed by atoms with van der Waals surface area (Å²) in [5, 5.41) is -0.412. The van der Waals surface area contributed by atoms with E-state index in [4.69, 9.17) is 11.6 Å². The fraction of sp³-hybridized carbons (Fsp3) is 0.158. The summed E-state index contributed by atoms with van der Waals surface area (Å²) < 4.78 is 1.02. The zero-order valence-electron chi connectivity index (χ0n) is 13.3. The molecule has 0 bridgehead atoms. The first kappa shape index (κ1) is 17.2. The molecule has 3 aromatic rings. The van der Waals surface area contributed by atoms with E-state index in [0.717, 1.165) is 14.7 Å². The van der Waals surface area contributed by atoms with Crippen LogP contribution < -0.4 is 0 Å². The summed E-state index contributed by atoms with van der Waals surface area (Å²) in [6, 6.07) is 14.2. The zero-order chi connectivity index (χ0) is 17.1. The summed E-state index contributed by atoms with van der Waals surface area (Å²) in [4.78, 5) is 17.2. The Hall–Kier alpha value is -1.62. The molecule has 0 aliphatic heterocycles. The maximum absolute atomic E-state index is 11.2. The van der Waals surface area contributed by atoms with Crippen LogP contribution in [-0.2, 0) is 0 Å². The highest BCUT2D eigenvalue weighted by atomic mass is 35.5. The average Bonchev–Trinajstić information content (AvgIpc) is 3.04. The van der Waals surface area contributed by atoms with Gasteiger partial charge in [0.25, 0.3) is 5.24 Å². The van der Waals surface area contributed by atoms with Crippen molar-refractivity contribution in [3.8, 4) is 11.1 Å². The van der Waals surface area contributed by atoms with Crippen molar-refractivity contribution < 1.29 is 4.79 Å². The molecular weight excluding hydrogens is 358 g/mol. The molecule has 2 aromatic heterocycles. The number of carbonyl (C=O) groups excluding carboxylic acids is 1. The Balaban J connectivity index is 1.91. The van der Waals surface area contributed by atoms with E-state index < -0.39 is 5.24 Å². The average molecular weight is 374 g/mol. The number of carbonyl (C=O) groups is 1. The maximum Gasteiger partial charge on any atom is 0.262 e. The number of hydrogen-bond donors (Lipinski definition) is 0. The van der Waals surface area contributed by atoms with Crippen LogP contribution in [0.3, 0.4) is 0 Å². The second-order valence-corrected chi connectivity index (χ2v) is 8.45. The summed E-state index contributed by atoms with van der Waals surface area (Å²) in [6.45, 7) is 4.39. The third kappa shape index (κ3) is 3.89. The standard InChI is InChI=1S/C19H16ClNOS2/c1-12(2)15-5-3-4-6-16(15)13-9-14(11-21-10-13)23-18-8-7-17(24-18)19(20)22/h3-12H,1-2H3. The van der Waals surface area contributed by atoms with Gasteiger partial charge >= 0.3 is 0 Å². The van der Waals surface area contributed by atoms with E-state index in [2.05, 4.69) is 49.2 Å². The molecule has 0 radical (unpaired) electrons. The van der Waals surface area contributed by atoms with E-state index in [9.17, 15) is 4.79 Å². The van der Waals surface area contributed by atoms with Crippen LogP contribution in [0, 0.1) is 0 Å². The molecule has 0 N–H and O–H groups in total. The molecule has 24 heavy (non-hydrogen) atoms. The van der Waals surface area contributed by atoms with Gasteiger partial charge in [-0.1, -0.05) is 49.9 Å². The summed E-state index contributed by atoms with van der Waals surface area (Å²) in [7, 11) is 0. The Labute approximate surface area is 154 Å². The first-order valence-corrected chi connectivity index (χ1v) is 9.57. The predicted octanol–water partition coefficient (Wildman–Crippen LogP) is 6.46. The van der Waals surface area contributed by atoms with Crippen molar-refractivity contribution in [2.75, 3.05) is 0 Å². The second-order valence-electron chi connectivity index (χ2n) is 5.65. The molecule has 5 heteroatoms. The number of rotatable bonds is 5. The molecule has 0 unspecified atom stereocenters. The van der Waals surface area contributed by atoms with Crippen LogP contribution in [0.4, 0.5) is 0 Å². The molecule has 0 saturated carbocycles. The van der Waals surface area contributed by atoms with Crippen molar-refractivity contribution in [2.45, 2.75) is 28.9 Å². The molecule has 122 valence electrons. The first-order chi connectivity index (χ1) is 11.5. The Morgan fingerprint density at radius 2 is 1.96 bits per heavy atom. The van der Waals surface area contributed by atoms with Gasteiger partial charge in [0.05, 0.1) is 9.09 Å². The van der Waals surface area contributed by atoms with Gasteiger partial charge in [-0.2, -0.15) is 0 Å². The number of thiophene rings is 1. The van der Waals surface area contributed by atoms with E-state index in [1.807, 2.05) is 18.5 Å². The Morgan fingerprint density at radius 3 is 2.67 bits per heavy atom. The van der Waals surface area contributed by atoms with Gasteiger partial charge < -0.3 is 0 Å². The Kier molecular flexibility index (Phi) is 5.39. The van der Waals surface area contributed by atoms with Crippen LogP contribution in [-0.4, -0.2) is 10.2 Å². The van der Waals surface area contributed by atoms with Crippen molar-refractivity contribution in [1.29, 1.82) is 0 Å². The third-order valence-corrected chi connectivity index (χ3v) is 6.09. The number of hydrogen-bond acceptors (Lipinski definition) is 4. The minimum atomic E-state index is -0.412. The molecule has 0 spiro atoms. The zero-order valence-corrected chi connectivity index (χ0v) is 15.7. The molecule has 1 aromatic carbocycles. The van der Waals surface area contributed by atoms with Crippen molar-refractivity contribution in [2.24, 2.45) is 0 Å². The predicted molar refractivity (Wildman–Crippen MR) is 102 cm³/mol. The first-order valence-electron chi connectivity index (χ1n) is 7.56. The SMILES string of the molecule is CC(C)c1ccccc1-c1cncc(Sc2ccc(C(=O)Cl)s2)c1. The maximum atomic E-state index is 11.2. The molecule has 0 aliphatic rings. The summed E-state index contributed by atoms with van der Waals surface area (Å²) in [5.41, 5.74) is 3.63. The van der Waals surface area contributed by atoms with Crippen molar-refractivity contribution in [1.82, 2.24) is 4.98 Å². The normalized spacial score (nSPS) is 11.0. The Bertz CT molecular complexity index is 873. The number of pyridine rings is 1. The summed E-state index contributed by atoms with van der Waals surface area (Å²) in [5.74, 6) is 0.451. The van der Waals surface area contributed by atoms with Crippen LogP contribution in [0.25, 0.3) is 11.1 Å². The lowest BCUT2D eigenvalue weighted by Gasteiger charge is -2.13. The van der Waals surface area contributed by atoms with E-state index >= 15 is 0 Å². The van der Waals surface area contributed by atoms with Crippen LogP contribution in [0.1, 0.15) is 35.0 Å². The van der Waals surface area contributed by atoms with E-state index in [0.29, 0.717) is 10.8 Å². The van der Waals surface area contributed by atoms with Gasteiger partial charge in [-0.05, 0) is 46.8 Å². The van der Waals surface area contributed by atoms with Crippen molar-refractivity contribution in [3.63, 3.8) is 0 Å². The van der Waals surface area contributed by atoms with Gasteiger partial charge in [0.2, 0.25) is 0 Å². The van der Waals surface area contributed by atoms with E-state index in [-0.39, 0.29) is 0 Å². The summed E-state index contributed by atoms with van der Waals surface area (Å²) >= 11 is 8.51. The fourth-order valence-electron chi connectivity index (χ4n) is 2.48. The minimum Gasteiger partial charge on any atom is -0.275 e. The second kappa shape index (κ2) is 7.51. The van der Waals surface area contributed by atoms with Crippen LogP contribution >= 0.6 is 34.7 Å². The lowest BCUT2D eigenvalue weighted by Crippen LogP contribution is -1.92. The topological polar surface area (TPSA) is 30.0 Å². The lowest BCUT2D eigenvalue weighted by molar-refractivity contribution is 0.108. The van der Waals surface area contributed by atoms with Crippen LogP contribution in [0.5, 0.6) is 0 Å². The van der Waals surface area contributed by atoms with Gasteiger partial charge in [-0.15, -0.1) is 11.3 Å². The molecule has 0 amide bonds. The number of aromatic nitrogens is 1. The third-order valence-electron chi connectivity index (χ3n) is 3.60. The van der Waals surface area contributed by atoms with Crippen LogP contribution in [0.15, 0.2) is 64.0 Å². The number of benzene rings is 1. The quantitative estimate of drug-likeness (QED) is 0.480. The minimum absolute atomic E-state index is 0.412. The smallest absolute Gasteiger partial charge is 0.262 e. The highest BCUT2D eigenvalue weighted by molar-refractivity contribution is 8.01. The van der Waals surface area contributed by atoms with E-state index in [1.54, 1.807) is 17.8 Å². The summed E-state index contributed by atoms with van der Waals surface area (Å²) in [6.07, 6.45) is 3.74. The lowest BCUT2D eigenvalue weighted by atomic mass is 9.93. The van der Waals surface area contributed by atoms with Gasteiger partial charge in [0.1, 0.15) is 0 Å². The molecular formula is C19H16ClNOS2. The van der Waals surface area contributed by atoms with Gasteiger partial charge in [0.15, 0.2) is 0 Å². The Morgan fingerprint density at radius 1 is 1.17 bits per heavy atom. The van der Waals surface area contributed by atoms with Gasteiger partial charge in [0, 0.05) is 22.9 Å². The molecule has 0 atom stereocenters. The van der Waals surface area contributed by atoms with E-state index in [1.165, 1.54) is 22.5 Å². The highest BCUT2D eigenvalue weighted by Gasteiger charge is 2.11. The molecule has 2 nitrogen and oxygen atoms in total. The van der Waals surface area contributed by atoms with Gasteiger partial charge in [-0.3, -0.25) is 9.78 Å².